The molecule has 1 aromatic rings. The molecule has 2 N–H and O–H groups in total. The largest absolute Gasteiger partial charge is 0.795 e. The minimum atomic E-state index is -3.48. The van der Waals surface area contributed by atoms with Crippen LogP contribution in [-0.2, 0) is 10.9 Å². The lowest BCUT2D eigenvalue weighted by atomic mass is 10.4. The van der Waals surface area contributed by atoms with Gasteiger partial charge >= 0.3 is 11.5 Å². The number of fused-ring (bicyclic) bond motifs is 1. The smallest absolute Gasteiger partial charge is 0.358 e. The van der Waals surface area contributed by atoms with Gasteiger partial charge < -0.3 is 9.46 Å². The Morgan fingerprint density at radius 1 is 1.71 bits per heavy atom. The molecule has 1 atom stereocenters. The lowest BCUT2D eigenvalue weighted by molar-refractivity contribution is -0.378. The van der Waals surface area contributed by atoms with Crippen LogP contribution in [0.2, 0.25) is 0 Å². The van der Waals surface area contributed by atoms with Crippen LogP contribution < -0.4 is 20.8 Å². The number of hydrogen-bond donors (Lipinski definition) is 1. The van der Waals surface area contributed by atoms with Crippen LogP contribution in [0.3, 0.4) is 0 Å². The summed E-state index contributed by atoms with van der Waals surface area (Å²) in [5, 5.41) is 2.67. The number of H-pyrrole nitrogens is 1. The summed E-state index contributed by atoms with van der Waals surface area (Å²) in [6.45, 7) is 1.75. The quantitative estimate of drug-likeness (QED) is 0.559. The van der Waals surface area contributed by atoms with Gasteiger partial charge in [-0.15, -0.1) is 0 Å². The average Bonchev–Trinajstić information content (AvgIpc) is 2.06. The third kappa shape index (κ3) is 1.58. The molecule has 0 bridgehead atoms. The zero-order chi connectivity index (χ0) is 10.3. The van der Waals surface area contributed by atoms with Gasteiger partial charge in [0.15, 0.2) is 0 Å². The van der Waals surface area contributed by atoms with Crippen molar-refractivity contribution in [2.45, 2.75) is 13.2 Å². The number of anilines is 1. The predicted octanol–water partition coefficient (Wildman–Crippen LogP) is -1.05. The molecule has 2 rings (SSSR count). The Morgan fingerprint density at radius 3 is 3.14 bits per heavy atom. The Morgan fingerprint density at radius 2 is 2.43 bits per heavy atom. The summed E-state index contributed by atoms with van der Waals surface area (Å²) in [7, 11) is -3.48. The van der Waals surface area contributed by atoms with E-state index in [9.17, 15) is 14.3 Å². The van der Waals surface area contributed by atoms with Crippen LogP contribution in [-0.4, -0.2) is 10.9 Å². The lowest BCUT2D eigenvalue weighted by Crippen LogP contribution is -2.38. The van der Waals surface area contributed by atoms with Crippen molar-refractivity contribution < 1.29 is 14.4 Å². The standard InChI is InChI=1S/C7H10N3O3P/c1-5-2-6(11)10-4-14(12,13)3-8-7(10)9-5/h2H,3-4H2,1H3,(H,8,9)(H,12,13). The monoisotopic (exact) mass is 215 g/mol. The van der Waals surface area contributed by atoms with E-state index < -0.39 is 7.37 Å². The molecule has 0 spiro atoms. The van der Waals surface area contributed by atoms with Gasteiger partial charge in [0.05, 0.1) is 19.1 Å². The highest BCUT2D eigenvalue weighted by Crippen LogP contribution is 2.39. The Hall–Kier alpha value is -1.13. The molecule has 1 aromatic heterocycles. The van der Waals surface area contributed by atoms with Gasteiger partial charge in [-0.3, -0.25) is 10.1 Å². The second kappa shape index (κ2) is 2.93. The highest BCUT2D eigenvalue weighted by molar-refractivity contribution is 7.55. The molecule has 76 valence electrons. The van der Waals surface area contributed by atoms with Crippen molar-refractivity contribution in [3.63, 3.8) is 0 Å². The van der Waals surface area contributed by atoms with Crippen molar-refractivity contribution in [1.82, 2.24) is 4.57 Å². The zero-order valence-corrected chi connectivity index (χ0v) is 8.51. The molecule has 0 saturated carbocycles. The number of aryl methyl sites for hydroxylation is 1. The Kier molecular flexibility index (Phi) is 1.97. The summed E-state index contributed by atoms with van der Waals surface area (Å²) >= 11 is 0. The number of aromatic amines is 1. The van der Waals surface area contributed by atoms with Gasteiger partial charge in [0.2, 0.25) is 0 Å². The van der Waals surface area contributed by atoms with Crippen LogP contribution >= 0.6 is 7.37 Å². The van der Waals surface area contributed by atoms with Gasteiger partial charge in [-0.05, 0) is 6.92 Å². The van der Waals surface area contributed by atoms with Gasteiger partial charge in [0, 0.05) is 0 Å². The van der Waals surface area contributed by atoms with Crippen molar-refractivity contribution in [3.05, 3.63) is 22.1 Å². The maximum atomic E-state index is 11.4. The van der Waals surface area contributed by atoms with Crippen LogP contribution in [0.1, 0.15) is 5.69 Å². The molecule has 0 aliphatic carbocycles. The molecule has 14 heavy (non-hydrogen) atoms. The fraction of sp³-hybridized carbons (Fsp3) is 0.429. The first kappa shape index (κ1) is 9.43. The number of rotatable bonds is 0. The number of nitrogens with zero attached hydrogens (tertiary/aromatic N) is 1. The van der Waals surface area contributed by atoms with E-state index in [0.717, 1.165) is 0 Å². The maximum Gasteiger partial charge on any atom is 0.358 e. The van der Waals surface area contributed by atoms with Gasteiger partial charge in [-0.25, -0.2) is 4.98 Å². The van der Waals surface area contributed by atoms with Crippen molar-refractivity contribution in [2.75, 3.05) is 11.6 Å². The summed E-state index contributed by atoms with van der Waals surface area (Å²) in [6, 6.07) is 1.37. The van der Waals surface area contributed by atoms with Gasteiger partial charge in [-0.1, -0.05) is 0 Å². The van der Waals surface area contributed by atoms with Crippen LogP contribution in [0.5, 0.6) is 0 Å². The van der Waals surface area contributed by atoms with Gasteiger partial charge in [-0.2, -0.15) is 4.57 Å². The zero-order valence-electron chi connectivity index (χ0n) is 7.61. The minimum absolute atomic E-state index is 0.105. The van der Waals surface area contributed by atoms with E-state index in [4.69, 9.17) is 0 Å². The Labute approximate surface area is 80.1 Å². The normalized spacial score (nSPS) is 25.3. The van der Waals surface area contributed by atoms with E-state index in [2.05, 4.69) is 10.3 Å². The van der Waals surface area contributed by atoms with E-state index >= 15 is 0 Å². The average molecular weight is 215 g/mol. The highest BCUT2D eigenvalue weighted by atomic mass is 31.2. The first-order valence-corrected chi connectivity index (χ1v) is 6.14. The second-order valence-corrected chi connectivity index (χ2v) is 5.59. The molecule has 1 unspecified atom stereocenters. The topological polar surface area (TPSA) is 88.3 Å². The molecular formula is C7H10N3O3P. The van der Waals surface area contributed by atoms with Crippen molar-refractivity contribution in [3.8, 4) is 0 Å². The van der Waals surface area contributed by atoms with Crippen LogP contribution in [0.15, 0.2) is 10.9 Å². The SMILES string of the molecule is Cc1cc(=O)n2c([nH+]1)NCP(=O)([O-])C2. The van der Waals surface area contributed by atoms with E-state index in [1.807, 2.05) is 0 Å². The van der Waals surface area contributed by atoms with Crippen molar-refractivity contribution in [2.24, 2.45) is 0 Å². The highest BCUT2D eigenvalue weighted by Gasteiger charge is 2.25. The molecule has 0 amide bonds. The summed E-state index contributed by atoms with van der Waals surface area (Å²) in [4.78, 5) is 25.6. The molecule has 0 fully saturated rings. The first-order chi connectivity index (χ1) is 6.48. The predicted molar refractivity (Wildman–Crippen MR) is 48.1 cm³/mol. The first-order valence-electron chi connectivity index (χ1n) is 4.15. The van der Waals surface area contributed by atoms with Crippen molar-refractivity contribution in [1.29, 1.82) is 0 Å². The van der Waals surface area contributed by atoms with E-state index in [1.165, 1.54) is 10.6 Å². The molecule has 0 saturated heterocycles. The maximum absolute atomic E-state index is 11.4. The van der Waals surface area contributed by atoms with Gasteiger partial charge in [0.25, 0.3) is 0 Å². The van der Waals surface area contributed by atoms with Gasteiger partial charge in [0.1, 0.15) is 12.6 Å². The van der Waals surface area contributed by atoms with Crippen LogP contribution in [0.4, 0.5) is 5.95 Å². The fourth-order valence-corrected chi connectivity index (χ4v) is 2.61. The lowest BCUT2D eigenvalue weighted by Gasteiger charge is -2.25. The molecule has 1 aliphatic rings. The van der Waals surface area contributed by atoms with Crippen LogP contribution in [0.25, 0.3) is 0 Å². The third-order valence-corrected chi connectivity index (χ3v) is 3.39. The minimum Gasteiger partial charge on any atom is -0.795 e. The summed E-state index contributed by atoms with van der Waals surface area (Å²) in [5.41, 5.74) is 0.399. The van der Waals surface area contributed by atoms with Crippen molar-refractivity contribution >= 4 is 13.3 Å². The molecule has 0 aromatic carbocycles. The summed E-state index contributed by atoms with van der Waals surface area (Å²) in [5.74, 6) is 0.456. The molecule has 1 aliphatic heterocycles. The van der Waals surface area contributed by atoms with Crippen LogP contribution in [0, 0.1) is 6.92 Å². The van der Waals surface area contributed by atoms with E-state index in [-0.39, 0.29) is 18.1 Å². The number of nitrogens with one attached hydrogen (secondary N) is 2. The molecular weight excluding hydrogens is 205 g/mol. The Balaban J connectivity index is 2.58. The summed E-state index contributed by atoms with van der Waals surface area (Å²) < 4.78 is 12.4. The molecule has 2 heterocycles. The molecule has 0 radical (unpaired) electrons. The number of aromatic nitrogens is 2. The Bertz CT molecular complexity index is 482. The molecule has 6 nitrogen and oxygen atoms in total. The third-order valence-electron chi connectivity index (χ3n) is 2.04. The summed E-state index contributed by atoms with van der Waals surface area (Å²) in [6.07, 6.45) is -0.336. The second-order valence-electron chi connectivity index (χ2n) is 3.36. The molecule has 7 heteroatoms. The van der Waals surface area contributed by atoms with E-state index in [1.54, 1.807) is 6.92 Å². The number of hydrogen-bond acceptors (Lipinski definition) is 4. The van der Waals surface area contributed by atoms with E-state index in [0.29, 0.717) is 11.6 Å². The fourth-order valence-electron chi connectivity index (χ4n) is 1.40.